The van der Waals surface area contributed by atoms with Gasteiger partial charge in [0.05, 0.1) is 6.20 Å². The lowest BCUT2D eigenvalue weighted by molar-refractivity contribution is -0.146. The fourth-order valence-electron chi connectivity index (χ4n) is 1.31. The van der Waals surface area contributed by atoms with E-state index in [2.05, 4.69) is 25.3 Å². The van der Waals surface area contributed by atoms with Crippen LogP contribution in [0.5, 0.6) is 0 Å². The summed E-state index contributed by atoms with van der Waals surface area (Å²) in [4.78, 5) is 7.84. The van der Waals surface area contributed by atoms with Gasteiger partial charge in [-0.2, -0.15) is 22.8 Å². The smallest absolute Gasteiger partial charge is 0.261 e. The highest BCUT2D eigenvalue weighted by molar-refractivity contribution is 7.19. The van der Waals surface area contributed by atoms with Gasteiger partial charge in [-0.1, -0.05) is 11.3 Å². The van der Waals surface area contributed by atoms with Gasteiger partial charge in [0, 0.05) is 12.4 Å². The predicted octanol–water partition coefficient (Wildman–Crippen LogP) is 1.66. The van der Waals surface area contributed by atoms with E-state index < -0.39 is 12.0 Å². The summed E-state index contributed by atoms with van der Waals surface area (Å²) < 4.78 is 38.4. The lowest BCUT2D eigenvalue weighted by Gasteiger charge is -1.99. The van der Waals surface area contributed by atoms with Crippen LogP contribution in [0.1, 0.15) is 5.82 Å². The summed E-state index contributed by atoms with van der Waals surface area (Å²) in [5, 5.41) is 10.6. The molecule has 0 N–H and O–H groups in total. The van der Waals surface area contributed by atoms with Gasteiger partial charge in [0.25, 0.3) is 5.82 Å². The fraction of sp³-hybridized carbons (Fsp3) is 0.125. The van der Waals surface area contributed by atoms with E-state index in [0.717, 1.165) is 11.3 Å². The second-order valence-electron chi connectivity index (χ2n) is 3.21. The SMILES string of the molecule is FC(F)(F)c1nnc2sc(-c3cnccn3)nn12. The van der Waals surface area contributed by atoms with Crippen molar-refractivity contribution in [1.82, 2.24) is 29.8 Å². The van der Waals surface area contributed by atoms with E-state index in [1.54, 1.807) is 0 Å². The zero-order chi connectivity index (χ0) is 12.8. The van der Waals surface area contributed by atoms with Crippen molar-refractivity contribution < 1.29 is 13.2 Å². The lowest BCUT2D eigenvalue weighted by atomic mass is 10.5. The van der Waals surface area contributed by atoms with Crippen molar-refractivity contribution in [3.8, 4) is 10.7 Å². The van der Waals surface area contributed by atoms with Crippen LogP contribution in [0.2, 0.25) is 0 Å². The highest BCUT2D eigenvalue weighted by atomic mass is 32.1. The Labute approximate surface area is 101 Å². The first-order chi connectivity index (χ1) is 8.55. The number of hydrogen-bond donors (Lipinski definition) is 0. The van der Waals surface area contributed by atoms with Crippen molar-refractivity contribution in [1.29, 1.82) is 0 Å². The monoisotopic (exact) mass is 272 g/mol. The molecule has 0 saturated heterocycles. The molecular formula is C8H3F3N6S. The van der Waals surface area contributed by atoms with Gasteiger partial charge in [-0.3, -0.25) is 9.97 Å². The second-order valence-corrected chi connectivity index (χ2v) is 4.17. The molecule has 3 aromatic rings. The Balaban J connectivity index is 2.16. The zero-order valence-corrected chi connectivity index (χ0v) is 9.27. The molecule has 3 aromatic heterocycles. The Morgan fingerprint density at radius 3 is 2.67 bits per heavy atom. The van der Waals surface area contributed by atoms with Crippen LogP contribution in [0, 0.1) is 0 Å². The van der Waals surface area contributed by atoms with E-state index in [-0.39, 0.29) is 4.96 Å². The Bertz CT molecular complexity index is 688. The summed E-state index contributed by atoms with van der Waals surface area (Å²) in [7, 11) is 0. The van der Waals surface area contributed by atoms with Crippen molar-refractivity contribution in [3.63, 3.8) is 0 Å². The third-order valence-electron chi connectivity index (χ3n) is 2.03. The second kappa shape index (κ2) is 3.70. The van der Waals surface area contributed by atoms with Gasteiger partial charge in [0.2, 0.25) is 4.96 Å². The predicted molar refractivity (Wildman–Crippen MR) is 54.7 cm³/mol. The largest absolute Gasteiger partial charge is 0.453 e. The highest BCUT2D eigenvalue weighted by Crippen LogP contribution is 2.30. The maximum absolute atomic E-state index is 12.6. The van der Waals surface area contributed by atoms with Gasteiger partial charge in [0.15, 0.2) is 5.01 Å². The molecule has 0 aliphatic rings. The number of hydrogen-bond acceptors (Lipinski definition) is 6. The van der Waals surface area contributed by atoms with Gasteiger partial charge in [-0.25, -0.2) is 0 Å². The normalized spacial score (nSPS) is 12.2. The summed E-state index contributed by atoms with van der Waals surface area (Å²) in [5.41, 5.74) is 0.390. The number of rotatable bonds is 1. The van der Waals surface area contributed by atoms with Crippen LogP contribution in [0.15, 0.2) is 18.6 Å². The van der Waals surface area contributed by atoms with Crippen LogP contribution < -0.4 is 0 Å². The van der Waals surface area contributed by atoms with E-state index >= 15 is 0 Å². The third-order valence-corrected chi connectivity index (χ3v) is 2.95. The van der Waals surface area contributed by atoms with Gasteiger partial charge in [-0.05, 0) is 0 Å². The molecule has 3 rings (SSSR count). The first kappa shape index (κ1) is 11.0. The Morgan fingerprint density at radius 2 is 2.00 bits per heavy atom. The van der Waals surface area contributed by atoms with Crippen LogP contribution in [0.25, 0.3) is 15.7 Å². The first-order valence-electron chi connectivity index (χ1n) is 4.61. The van der Waals surface area contributed by atoms with Gasteiger partial charge in [-0.15, -0.1) is 10.2 Å². The number of fused-ring (bicyclic) bond motifs is 1. The molecule has 10 heteroatoms. The Kier molecular flexibility index (Phi) is 2.26. The molecule has 0 atom stereocenters. The fourth-order valence-corrected chi connectivity index (χ4v) is 2.11. The molecule has 0 aliphatic carbocycles. The number of halogens is 3. The molecule has 0 unspecified atom stereocenters. The molecule has 0 spiro atoms. The number of alkyl halides is 3. The summed E-state index contributed by atoms with van der Waals surface area (Å²) >= 11 is 0.963. The average molecular weight is 272 g/mol. The molecule has 0 saturated carbocycles. The molecule has 0 bridgehead atoms. The molecule has 6 nitrogen and oxygen atoms in total. The topological polar surface area (TPSA) is 68.9 Å². The van der Waals surface area contributed by atoms with Crippen LogP contribution in [-0.2, 0) is 6.18 Å². The molecule has 0 radical (unpaired) electrons. The summed E-state index contributed by atoms with van der Waals surface area (Å²) in [6.45, 7) is 0. The van der Waals surface area contributed by atoms with E-state index in [1.165, 1.54) is 18.6 Å². The van der Waals surface area contributed by atoms with Crippen LogP contribution in [-0.4, -0.2) is 29.8 Å². The molecule has 18 heavy (non-hydrogen) atoms. The van der Waals surface area contributed by atoms with E-state index in [4.69, 9.17) is 0 Å². The maximum atomic E-state index is 12.6. The minimum atomic E-state index is -4.59. The van der Waals surface area contributed by atoms with Crippen LogP contribution in [0.4, 0.5) is 13.2 Å². The minimum absolute atomic E-state index is 0.0583. The quantitative estimate of drug-likeness (QED) is 0.674. The summed E-state index contributed by atoms with van der Waals surface area (Å²) in [6.07, 6.45) is -0.278. The molecule has 0 fully saturated rings. The van der Waals surface area contributed by atoms with Gasteiger partial charge >= 0.3 is 6.18 Å². The molecule has 0 aromatic carbocycles. The average Bonchev–Trinajstić information content (AvgIpc) is 2.87. The van der Waals surface area contributed by atoms with Crippen molar-refractivity contribution in [2.45, 2.75) is 6.18 Å². The zero-order valence-electron chi connectivity index (χ0n) is 8.46. The van der Waals surface area contributed by atoms with Crippen molar-refractivity contribution in [2.24, 2.45) is 0 Å². The third kappa shape index (κ3) is 1.70. The van der Waals surface area contributed by atoms with Crippen LogP contribution >= 0.6 is 11.3 Å². The molecular weight excluding hydrogens is 269 g/mol. The number of nitrogens with zero attached hydrogens (tertiary/aromatic N) is 6. The molecule has 92 valence electrons. The lowest BCUT2D eigenvalue weighted by Crippen LogP contribution is -2.11. The van der Waals surface area contributed by atoms with Crippen molar-refractivity contribution in [2.75, 3.05) is 0 Å². The summed E-state index contributed by atoms with van der Waals surface area (Å²) in [5.74, 6) is -1.15. The van der Waals surface area contributed by atoms with E-state index in [0.29, 0.717) is 15.2 Å². The number of aromatic nitrogens is 6. The van der Waals surface area contributed by atoms with Crippen LogP contribution in [0.3, 0.4) is 0 Å². The van der Waals surface area contributed by atoms with Crippen molar-refractivity contribution in [3.05, 3.63) is 24.4 Å². The van der Waals surface area contributed by atoms with E-state index in [9.17, 15) is 13.2 Å². The maximum Gasteiger partial charge on any atom is 0.453 e. The first-order valence-corrected chi connectivity index (χ1v) is 5.43. The molecule has 3 heterocycles. The highest BCUT2D eigenvalue weighted by Gasteiger charge is 2.38. The Morgan fingerprint density at radius 1 is 1.17 bits per heavy atom. The van der Waals surface area contributed by atoms with Gasteiger partial charge < -0.3 is 0 Å². The Hall–Kier alpha value is -2.10. The van der Waals surface area contributed by atoms with Crippen molar-refractivity contribution >= 4 is 16.3 Å². The summed E-state index contributed by atoms with van der Waals surface area (Å²) in [6, 6.07) is 0. The molecule has 0 amide bonds. The standard InChI is InChI=1S/C8H3F3N6S/c9-8(10,11)6-14-15-7-17(6)16-5(18-7)4-3-12-1-2-13-4/h1-3H. The van der Waals surface area contributed by atoms with E-state index in [1.807, 2.05) is 0 Å². The minimum Gasteiger partial charge on any atom is -0.261 e. The van der Waals surface area contributed by atoms with Gasteiger partial charge in [0.1, 0.15) is 5.69 Å². The molecule has 0 aliphatic heterocycles.